The lowest BCUT2D eigenvalue weighted by atomic mass is 10.2. The quantitative estimate of drug-likeness (QED) is 0.612. The third kappa shape index (κ3) is 4.31. The predicted octanol–water partition coefficient (Wildman–Crippen LogP) is 3.59. The van der Waals surface area contributed by atoms with Crippen LogP contribution < -0.4 is 10.2 Å². The molecule has 0 aliphatic heterocycles. The molecule has 2 aromatic carbocycles. The van der Waals surface area contributed by atoms with Crippen LogP contribution in [0.3, 0.4) is 0 Å². The summed E-state index contributed by atoms with van der Waals surface area (Å²) in [6.07, 6.45) is 0. The van der Waals surface area contributed by atoms with Crippen molar-refractivity contribution in [2.75, 3.05) is 23.4 Å². The van der Waals surface area contributed by atoms with Gasteiger partial charge in [0.05, 0.1) is 5.52 Å². The number of rotatable bonds is 7. The van der Waals surface area contributed by atoms with E-state index in [1.54, 1.807) is 6.07 Å². The standard InChI is InChI=1S/C21H24N4O3/c1-4-25(14(2)3)16-11-9-15(10-12-16)22-19(26)13-28-21(27)20-17-7-5-6-8-18(17)23-24-20/h5-12,14H,4,13H2,1-3H3,(H,22,26)(H,23,24). The van der Waals surface area contributed by atoms with Gasteiger partial charge in [0.15, 0.2) is 12.3 Å². The van der Waals surface area contributed by atoms with Gasteiger partial charge in [0.2, 0.25) is 0 Å². The summed E-state index contributed by atoms with van der Waals surface area (Å²) in [5, 5.41) is 10.1. The fourth-order valence-corrected chi connectivity index (χ4v) is 3.10. The molecule has 0 aliphatic rings. The summed E-state index contributed by atoms with van der Waals surface area (Å²) < 4.78 is 5.10. The number of fused-ring (bicyclic) bond motifs is 1. The number of ether oxygens (including phenoxy) is 1. The highest BCUT2D eigenvalue weighted by atomic mass is 16.5. The van der Waals surface area contributed by atoms with Gasteiger partial charge in [0.1, 0.15) is 0 Å². The van der Waals surface area contributed by atoms with Gasteiger partial charge in [-0.25, -0.2) is 4.79 Å². The molecular formula is C21H24N4O3. The van der Waals surface area contributed by atoms with E-state index >= 15 is 0 Å². The molecule has 146 valence electrons. The van der Waals surface area contributed by atoms with Crippen LogP contribution in [0.1, 0.15) is 31.3 Å². The molecule has 0 aliphatic carbocycles. The van der Waals surface area contributed by atoms with E-state index in [4.69, 9.17) is 4.74 Å². The number of esters is 1. The topological polar surface area (TPSA) is 87.3 Å². The maximum Gasteiger partial charge on any atom is 0.359 e. The number of aromatic amines is 1. The van der Waals surface area contributed by atoms with Crippen molar-refractivity contribution in [3.05, 3.63) is 54.2 Å². The number of anilines is 2. The Bertz CT molecular complexity index is 963. The van der Waals surface area contributed by atoms with Crippen molar-refractivity contribution < 1.29 is 14.3 Å². The van der Waals surface area contributed by atoms with Crippen LogP contribution in [0.5, 0.6) is 0 Å². The molecule has 7 nitrogen and oxygen atoms in total. The third-order valence-corrected chi connectivity index (χ3v) is 4.44. The Morgan fingerprint density at radius 2 is 1.86 bits per heavy atom. The number of carbonyl (C=O) groups excluding carboxylic acids is 2. The molecule has 1 heterocycles. The maximum atomic E-state index is 12.2. The molecule has 0 unspecified atom stereocenters. The number of hydrogen-bond donors (Lipinski definition) is 2. The van der Waals surface area contributed by atoms with Crippen LogP contribution in [0.15, 0.2) is 48.5 Å². The van der Waals surface area contributed by atoms with Crippen molar-refractivity contribution in [3.8, 4) is 0 Å². The molecule has 1 aromatic heterocycles. The van der Waals surface area contributed by atoms with Gasteiger partial charge in [-0.3, -0.25) is 9.89 Å². The van der Waals surface area contributed by atoms with Crippen molar-refractivity contribution in [2.45, 2.75) is 26.8 Å². The van der Waals surface area contributed by atoms with E-state index in [9.17, 15) is 9.59 Å². The van der Waals surface area contributed by atoms with Crippen LogP contribution in [0.25, 0.3) is 10.9 Å². The Balaban J connectivity index is 1.56. The minimum absolute atomic E-state index is 0.168. The van der Waals surface area contributed by atoms with Crippen LogP contribution in [-0.4, -0.2) is 41.3 Å². The number of aromatic nitrogens is 2. The molecule has 0 spiro atoms. The van der Waals surface area contributed by atoms with Gasteiger partial charge in [0, 0.05) is 29.3 Å². The first kappa shape index (κ1) is 19.4. The predicted molar refractivity (Wildman–Crippen MR) is 110 cm³/mol. The maximum absolute atomic E-state index is 12.2. The first-order chi connectivity index (χ1) is 13.5. The second-order valence-electron chi connectivity index (χ2n) is 6.67. The fraction of sp³-hybridized carbons (Fsp3) is 0.286. The molecular weight excluding hydrogens is 356 g/mol. The molecule has 0 atom stereocenters. The zero-order valence-corrected chi connectivity index (χ0v) is 16.2. The first-order valence-corrected chi connectivity index (χ1v) is 9.26. The second kappa shape index (κ2) is 8.56. The molecule has 3 rings (SSSR count). The Kier molecular flexibility index (Phi) is 5.93. The van der Waals surface area contributed by atoms with Gasteiger partial charge in [-0.05, 0) is 51.1 Å². The van der Waals surface area contributed by atoms with Gasteiger partial charge in [-0.2, -0.15) is 5.10 Å². The largest absolute Gasteiger partial charge is 0.451 e. The fourth-order valence-electron chi connectivity index (χ4n) is 3.10. The summed E-state index contributed by atoms with van der Waals surface area (Å²) in [6, 6.07) is 15.2. The third-order valence-electron chi connectivity index (χ3n) is 4.44. The highest BCUT2D eigenvalue weighted by Gasteiger charge is 2.17. The number of H-pyrrole nitrogens is 1. The van der Waals surface area contributed by atoms with Crippen molar-refractivity contribution in [1.29, 1.82) is 0 Å². The number of nitrogens with zero attached hydrogens (tertiary/aromatic N) is 2. The van der Waals surface area contributed by atoms with Crippen LogP contribution in [0, 0.1) is 0 Å². The van der Waals surface area contributed by atoms with E-state index in [0.717, 1.165) is 17.7 Å². The summed E-state index contributed by atoms with van der Waals surface area (Å²) >= 11 is 0. The number of hydrogen-bond acceptors (Lipinski definition) is 5. The molecule has 0 fully saturated rings. The first-order valence-electron chi connectivity index (χ1n) is 9.26. The van der Waals surface area contributed by atoms with E-state index < -0.39 is 11.9 Å². The van der Waals surface area contributed by atoms with E-state index in [0.29, 0.717) is 17.1 Å². The molecule has 0 radical (unpaired) electrons. The Hall–Kier alpha value is -3.35. The minimum atomic E-state index is -0.640. The summed E-state index contributed by atoms with van der Waals surface area (Å²) in [4.78, 5) is 26.6. The van der Waals surface area contributed by atoms with Crippen LogP contribution in [-0.2, 0) is 9.53 Å². The number of carbonyl (C=O) groups is 2. The van der Waals surface area contributed by atoms with Crippen molar-refractivity contribution in [3.63, 3.8) is 0 Å². The molecule has 1 amide bonds. The zero-order chi connectivity index (χ0) is 20.1. The monoisotopic (exact) mass is 380 g/mol. The van der Waals surface area contributed by atoms with Gasteiger partial charge >= 0.3 is 5.97 Å². The van der Waals surface area contributed by atoms with Gasteiger partial charge < -0.3 is 15.0 Å². The second-order valence-corrected chi connectivity index (χ2v) is 6.67. The lowest BCUT2D eigenvalue weighted by Crippen LogP contribution is -2.30. The number of para-hydroxylation sites is 1. The summed E-state index contributed by atoms with van der Waals surface area (Å²) in [5.74, 6) is -1.05. The summed E-state index contributed by atoms with van der Waals surface area (Å²) in [7, 11) is 0. The Morgan fingerprint density at radius 3 is 2.54 bits per heavy atom. The van der Waals surface area contributed by atoms with E-state index in [-0.39, 0.29) is 12.3 Å². The molecule has 0 saturated carbocycles. The highest BCUT2D eigenvalue weighted by Crippen LogP contribution is 2.20. The van der Waals surface area contributed by atoms with E-state index in [1.807, 2.05) is 42.5 Å². The Labute approximate surface area is 163 Å². The highest BCUT2D eigenvalue weighted by molar-refractivity contribution is 6.03. The Morgan fingerprint density at radius 1 is 1.14 bits per heavy atom. The van der Waals surface area contributed by atoms with Crippen LogP contribution in [0.4, 0.5) is 11.4 Å². The molecule has 0 saturated heterocycles. The normalized spacial score (nSPS) is 10.9. The number of benzene rings is 2. The lowest BCUT2D eigenvalue weighted by molar-refractivity contribution is -0.119. The van der Waals surface area contributed by atoms with E-state index in [2.05, 4.69) is 41.2 Å². The minimum Gasteiger partial charge on any atom is -0.451 e. The lowest BCUT2D eigenvalue weighted by Gasteiger charge is -2.27. The zero-order valence-electron chi connectivity index (χ0n) is 16.2. The number of nitrogens with one attached hydrogen (secondary N) is 2. The van der Waals surface area contributed by atoms with Crippen molar-refractivity contribution >= 4 is 34.2 Å². The molecule has 0 bridgehead atoms. The van der Waals surface area contributed by atoms with Crippen molar-refractivity contribution in [1.82, 2.24) is 10.2 Å². The summed E-state index contributed by atoms with van der Waals surface area (Å²) in [6.45, 7) is 6.90. The summed E-state index contributed by atoms with van der Waals surface area (Å²) in [5.41, 5.74) is 2.64. The van der Waals surface area contributed by atoms with Crippen LogP contribution in [0.2, 0.25) is 0 Å². The average Bonchev–Trinajstić information content (AvgIpc) is 3.12. The van der Waals surface area contributed by atoms with Gasteiger partial charge in [-0.1, -0.05) is 18.2 Å². The van der Waals surface area contributed by atoms with Crippen molar-refractivity contribution in [2.24, 2.45) is 0 Å². The van der Waals surface area contributed by atoms with Gasteiger partial charge in [-0.15, -0.1) is 0 Å². The SMILES string of the molecule is CCN(c1ccc(NC(=O)COC(=O)c2n[nH]c3ccccc23)cc1)C(C)C. The van der Waals surface area contributed by atoms with E-state index in [1.165, 1.54) is 0 Å². The van der Waals surface area contributed by atoms with Crippen LogP contribution >= 0.6 is 0 Å². The molecule has 2 N–H and O–H groups in total. The van der Waals surface area contributed by atoms with Gasteiger partial charge in [0.25, 0.3) is 5.91 Å². The molecule has 28 heavy (non-hydrogen) atoms. The average molecular weight is 380 g/mol. The number of amides is 1. The molecule has 3 aromatic rings. The molecule has 7 heteroatoms. The smallest absolute Gasteiger partial charge is 0.359 e.